The van der Waals surface area contributed by atoms with Crippen LogP contribution in [0.15, 0.2) is 58.9 Å². The predicted molar refractivity (Wildman–Crippen MR) is 114 cm³/mol. The molecule has 0 saturated heterocycles. The Kier molecular flexibility index (Phi) is 7.53. The number of ether oxygens (including phenoxy) is 1. The molecule has 1 aliphatic carbocycles. The molecule has 156 valence electrons. The van der Waals surface area contributed by atoms with Gasteiger partial charge in [0.1, 0.15) is 11.5 Å². The summed E-state index contributed by atoms with van der Waals surface area (Å²) in [6.07, 6.45) is 8.15. The van der Waals surface area contributed by atoms with Crippen molar-refractivity contribution in [2.24, 2.45) is 5.92 Å². The molecule has 0 unspecified atom stereocenters. The quantitative estimate of drug-likeness (QED) is 0.644. The Bertz CT molecular complexity index is 794. The van der Waals surface area contributed by atoms with Gasteiger partial charge in [-0.25, -0.2) is 0 Å². The molecule has 1 aliphatic rings. The lowest BCUT2D eigenvalue weighted by atomic mass is 9.96. The minimum Gasteiger partial charge on any atom is -0.497 e. The average Bonchev–Trinajstić information content (AvgIpc) is 3.26. The molecule has 0 fully saturated rings. The molecule has 5 heteroatoms. The Morgan fingerprint density at radius 1 is 1.21 bits per heavy atom. The molecule has 29 heavy (non-hydrogen) atoms. The Hall–Kier alpha value is -2.53. The highest BCUT2D eigenvalue weighted by atomic mass is 16.5. The van der Waals surface area contributed by atoms with Crippen molar-refractivity contribution in [2.45, 2.75) is 52.1 Å². The molecule has 0 radical (unpaired) electrons. The van der Waals surface area contributed by atoms with Crippen LogP contribution in [0.3, 0.4) is 0 Å². The highest BCUT2D eigenvalue weighted by molar-refractivity contribution is 5.80. The van der Waals surface area contributed by atoms with Gasteiger partial charge in [0.15, 0.2) is 0 Å². The van der Waals surface area contributed by atoms with Crippen molar-refractivity contribution in [3.05, 3.63) is 65.8 Å². The van der Waals surface area contributed by atoms with Crippen molar-refractivity contribution in [1.82, 2.24) is 10.2 Å². The molecular formula is C24H32N2O3. The lowest BCUT2D eigenvalue weighted by Crippen LogP contribution is -2.39. The second-order valence-corrected chi connectivity index (χ2v) is 7.88. The number of amides is 1. The van der Waals surface area contributed by atoms with Gasteiger partial charge in [-0.05, 0) is 61.4 Å². The highest BCUT2D eigenvalue weighted by Gasteiger charge is 2.23. The maximum absolute atomic E-state index is 13.2. The largest absolute Gasteiger partial charge is 0.497 e. The zero-order valence-electron chi connectivity index (χ0n) is 17.7. The zero-order valence-corrected chi connectivity index (χ0v) is 17.7. The molecule has 0 bridgehead atoms. The molecule has 1 N–H and O–H groups in total. The zero-order chi connectivity index (χ0) is 20.6. The summed E-state index contributed by atoms with van der Waals surface area (Å²) < 4.78 is 10.8. The van der Waals surface area contributed by atoms with Gasteiger partial charge in [-0.1, -0.05) is 32.1 Å². The number of rotatable bonds is 9. The topological polar surface area (TPSA) is 54.7 Å². The Balaban J connectivity index is 1.70. The maximum Gasteiger partial charge on any atom is 0.241 e. The van der Waals surface area contributed by atoms with Gasteiger partial charge < -0.3 is 19.4 Å². The minimum atomic E-state index is 0.0775. The van der Waals surface area contributed by atoms with Gasteiger partial charge in [-0.15, -0.1) is 0 Å². The minimum absolute atomic E-state index is 0.0775. The van der Waals surface area contributed by atoms with Gasteiger partial charge in [0.2, 0.25) is 5.91 Å². The number of hydrogen-bond donors (Lipinski definition) is 1. The van der Waals surface area contributed by atoms with E-state index in [1.54, 1.807) is 13.4 Å². The molecule has 0 aliphatic heterocycles. The first-order chi connectivity index (χ1) is 14.1. The monoisotopic (exact) mass is 396 g/mol. The fourth-order valence-electron chi connectivity index (χ4n) is 3.82. The number of nitrogens with one attached hydrogen (secondary N) is 1. The summed E-state index contributed by atoms with van der Waals surface area (Å²) in [5.41, 5.74) is 2.27. The number of nitrogens with zero attached hydrogens (tertiary/aromatic N) is 1. The first-order valence-electron chi connectivity index (χ1n) is 10.5. The van der Waals surface area contributed by atoms with Crippen molar-refractivity contribution in [2.75, 3.05) is 13.7 Å². The number of allylic oxidation sites excluding steroid dienone is 2. The lowest BCUT2D eigenvalue weighted by molar-refractivity contribution is -0.129. The third-order valence-corrected chi connectivity index (χ3v) is 5.42. The van der Waals surface area contributed by atoms with Crippen LogP contribution in [0.5, 0.6) is 5.75 Å². The van der Waals surface area contributed by atoms with Crippen molar-refractivity contribution in [3.63, 3.8) is 0 Å². The van der Waals surface area contributed by atoms with Gasteiger partial charge in [-0.3, -0.25) is 4.79 Å². The maximum atomic E-state index is 13.2. The van der Waals surface area contributed by atoms with E-state index in [4.69, 9.17) is 9.15 Å². The van der Waals surface area contributed by atoms with Gasteiger partial charge in [0, 0.05) is 11.7 Å². The summed E-state index contributed by atoms with van der Waals surface area (Å²) in [5.74, 6) is 2.07. The summed E-state index contributed by atoms with van der Waals surface area (Å²) in [6.45, 7) is 5.09. The Morgan fingerprint density at radius 2 is 2.00 bits per heavy atom. The van der Waals surface area contributed by atoms with E-state index in [0.29, 0.717) is 12.5 Å². The van der Waals surface area contributed by atoms with Crippen LogP contribution >= 0.6 is 0 Å². The van der Waals surface area contributed by atoms with Crippen LogP contribution in [-0.2, 0) is 11.3 Å². The van der Waals surface area contributed by atoms with Crippen LogP contribution in [0.4, 0.5) is 0 Å². The standard InChI is InChI=1S/C24H32N2O3/c1-18(2)24(19-11-13-21(28-3)14-12-19)25-16-23(27)26(17-22-10-7-15-29-22)20-8-5-4-6-9-20/h7-8,10-15,18,24-25H,4-6,9,16-17H2,1-3H3/t24-/m0/s1. The molecule has 5 nitrogen and oxygen atoms in total. The molecular weight excluding hydrogens is 364 g/mol. The van der Waals surface area contributed by atoms with Crippen LogP contribution in [0.25, 0.3) is 0 Å². The van der Waals surface area contributed by atoms with Gasteiger partial charge >= 0.3 is 0 Å². The number of carbonyl (C=O) groups excluding carboxylic acids is 1. The molecule has 0 saturated carbocycles. The number of hydrogen-bond acceptors (Lipinski definition) is 4. The van der Waals surface area contributed by atoms with Crippen LogP contribution in [0.2, 0.25) is 0 Å². The first kappa shape index (κ1) is 21.2. The van der Waals surface area contributed by atoms with E-state index in [1.807, 2.05) is 29.2 Å². The van der Waals surface area contributed by atoms with E-state index >= 15 is 0 Å². The van der Waals surface area contributed by atoms with Crippen LogP contribution < -0.4 is 10.1 Å². The second kappa shape index (κ2) is 10.3. The average molecular weight is 397 g/mol. The van der Waals surface area contributed by atoms with Gasteiger partial charge in [0.05, 0.1) is 26.5 Å². The fraction of sp³-hybridized carbons (Fsp3) is 0.458. The molecule has 1 aromatic heterocycles. The smallest absolute Gasteiger partial charge is 0.241 e. The van der Waals surface area contributed by atoms with Gasteiger partial charge in [-0.2, -0.15) is 0 Å². The Labute approximate surface area is 173 Å². The number of benzene rings is 1. The summed E-state index contributed by atoms with van der Waals surface area (Å²) in [7, 11) is 1.67. The normalized spacial score (nSPS) is 15.1. The summed E-state index contributed by atoms with van der Waals surface area (Å²) in [6, 6.07) is 11.9. The molecule has 1 aromatic carbocycles. The number of methoxy groups -OCH3 is 1. The van der Waals surface area contributed by atoms with Crippen LogP contribution in [0.1, 0.15) is 56.9 Å². The predicted octanol–water partition coefficient (Wildman–Crippen LogP) is 5.06. The Morgan fingerprint density at radius 3 is 2.59 bits per heavy atom. The number of furan rings is 1. The van der Waals surface area contributed by atoms with E-state index in [1.165, 1.54) is 6.42 Å². The van der Waals surface area contributed by atoms with Crippen LogP contribution in [0, 0.1) is 5.92 Å². The summed E-state index contributed by atoms with van der Waals surface area (Å²) >= 11 is 0. The molecule has 1 heterocycles. The second-order valence-electron chi connectivity index (χ2n) is 7.88. The molecule has 1 atom stereocenters. The first-order valence-corrected chi connectivity index (χ1v) is 10.5. The van der Waals surface area contributed by atoms with Crippen molar-refractivity contribution >= 4 is 5.91 Å². The van der Waals surface area contributed by atoms with Gasteiger partial charge in [0.25, 0.3) is 0 Å². The van der Waals surface area contributed by atoms with E-state index in [9.17, 15) is 4.79 Å². The third-order valence-electron chi connectivity index (χ3n) is 5.42. The van der Waals surface area contributed by atoms with E-state index in [-0.39, 0.29) is 18.5 Å². The number of carbonyl (C=O) groups is 1. The van der Waals surface area contributed by atoms with Crippen molar-refractivity contribution in [3.8, 4) is 5.75 Å². The summed E-state index contributed by atoms with van der Waals surface area (Å²) in [4.78, 5) is 15.1. The van der Waals surface area contributed by atoms with E-state index in [2.05, 4.69) is 37.4 Å². The fourth-order valence-corrected chi connectivity index (χ4v) is 3.82. The third kappa shape index (κ3) is 5.73. The van der Waals surface area contributed by atoms with E-state index in [0.717, 1.165) is 42.0 Å². The SMILES string of the molecule is COc1ccc([C@@H](NCC(=O)N(Cc2ccco2)C2=CCCCC2)C(C)C)cc1. The molecule has 2 aromatic rings. The summed E-state index contributed by atoms with van der Waals surface area (Å²) in [5, 5.41) is 3.48. The van der Waals surface area contributed by atoms with Crippen LogP contribution in [-0.4, -0.2) is 24.5 Å². The van der Waals surface area contributed by atoms with Crippen molar-refractivity contribution in [1.29, 1.82) is 0 Å². The molecule has 3 rings (SSSR count). The lowest BCUT2D eigenvalue weighted by Gasteiger charge is -2.29. The highest BCUT2D eigenvalue weighted by Crippen LogP contribution is 2.25. The van der Waals surface area contributed by atoms with E-state index < -0.39 is 0 Å². The van der Waals surface area contributed by atoms with Crippen molar-refractivity contribution < 1.29 is 13.9 Å². The molecule has 0 spiro atoms. The molecule has 1 amide bonds.